The lowest BCUT2D eigenvalue weighted by Crippen LogP contribution is -2.08. The number of alkyl halides is 3. The number of hydrogen-bond donors (Lipinski definition) is 0. The Morgan fingerprint density at radius 1 is 1.33 bits per heavy atom. The predicted molar refractivity (Wildman–Crippen MR) is 49.3 cm³/mol. The third kappa shape index (κ3) is 1.58. The van der Waals surface area contributed by atoms with Crippen LogP contribution in [0.25, 0.3) is 10.2 Å². The van der Waals surface area contributed by atoms with Crippen LogP contribution in [0.5, 0.6) is 0 Å². The van der Waals surface area contributed by atoms with E-state index in [1.54, 1.807) is 0 Å². The normalized spacial score (nSPS) is 12.3. The SMILES string of the molecule is Cc1cc(C(F)(F)F)c(F)c2ncsc12. The van der Waals surface area contributed by atoms with Gasteiger partial charge < -0.3 is 0 Å². The van der Waals surface area contributed by atoms with E-state index < -0.39 is 17.6 Å². The molecule has 0 atom stereocenters. The fourth-order valence-corrected chi connectivity index (χ4v) is 2.12. The number of benzene rings is 1. The third-order valence-electron chi connectivity index (χ3n) is 2.04. The van der Waals surface area contributed by atoms with Gasteiger partial charge in [0.2, 0.25) is 0 Å². The first-order valence-corrected chi connectivity index (χ1v) is 4.88. The van der Waals surface area contributed by atoms with Gasteiger partial charge in [-0.05, 0) is 18.6 Å². The van der Waals surface area contributed by atoms with Gasteiger partial charge in [-0.15, -0.1) is 11.3 Å². The Hall–Kier alpha value is -1.17. The van der Waals surface area contributed by atoms with E-state index in [2.05, 4.69) is 4.98 Å². The van der Waals surface area contributed by atoms with Crippen LogP contribution in [-0.2, 0) is 6.18 Å². The largest absolute Gasteiger partial charge is 0.419 e. The van der Waals surface area contributed by atoms with Gasteiger partial charge in [0, 0.05) is 0 Å². The standard InChI is InChI=1S/C9H5F4NS/c1-4-2-5(9(11,12)13)6(10)7-8(4)15-3-14-7/h2-3H,1H3. The minimum Gasteiger partial charge on any atom is -0.242 e. The van der Waals surface area contributed by atoms with Crippen LogP contribution in [0.4, 0.5) is 17.6 Å². The highest BCUT2D eigenvalue weighted by atomic mass is 32.1. The predicted octanol–water partition coefficient (Wildman–Crippen LogP) is 3.76. The van der Waals surface area contributed by atoms with Crippen molar-refractivity contribution in [2.75, 3.05) is 0 Å². The molecule has 0 radical (unpaired) electrons. The lowest BCUT2D eigenvalue weighted by atomic mass is 10.1. The maximum Gasteiger partial charge on any atom is 0.419 e. The van der Waals surface area contributed by atoms with Crippen molar-refractivity contribution in [3.05, 3.63) is 28.5 Å². The Bertz CT molecular complexity index is 515. The molecule has 0 bridgehead atoms. The van der Waals surface area contributed by atoms with Gasteiger partial charge >= 0.3 is 6.18 Å². The minimum atomic E-state index is -4.67. The zero-order valence-electron chi connectivity index (χ0n) is 7.52. The number of hydrogen-bond acceptors (Lipinski definition) is 2. The summed E-state index contributed by atoms with van der Waals surface area (Å²) in [6.07, 6.45) is -4.67. The molecule has 1 heterocycles. The second-order valence-corrected chi connectivity index (χ2v) is 3.94. The fraction of sp³-hybridized carbons (Fsp3) is 0.222. The summed E-state index contributed by atoms with van der Waals surface area (Å²) >= 11 is 1.13. The van der Waals surface area contributed by atoms with Crippen molar-refractivity contribution in [1.29, 1.82) is 0 Å². The number of rotatable bonds is 0. The molecule has 2 aromatic rings. The molecule has 1 aromatic heterocycles. The van der Waals surface area contributed by atoms with Crippen LogP contribution in [0.2, 0.25) is 0 Å². The molecule has 1 aromatic carbocycles. The van der Waals surface area contributed by atoms with E-state index in [-0.39, 0.29) is 5.52 Å². The molecule has 0 aliphatic carbocycles. The molecular weight excluding hydrogens is 230 g/mol. The van der Waals surface area contributed by atoms with Crippen LogP contribution in [0.15, 0.2) is 11.6 Å². The molecule has 0 N–H and O–H groups in total. The van der Waals surface area contributed by atoms with Crippen LogP contribution >= 0.6 is 11.3 Å². The van der Waals surface area contributed by atoms with Gasteiger partial charge in [-0.3, -0.25) is 0 Å². The van der Waals surface area contributed by atoms with E-state index in [0.29, 0.717) is 10.3 Å². The van der Waals surface area contributed by atoms with Gasteiger partial charge in [0.15, 0.2) is 5.82 Å². The molecule has 0 saturated carbocycles. The number of nitrogens with zero attached hydrogens (tertiary/aromatic N) is 1. The molecule has 0 fully saturated rings. The second-order valence-electron chi connectivity index (χ2n) is 3.08. The molecule has 2 rings (SSSR count). The topological polar surface area (TPSA) is 12.9 Å². The smallest absolute Gasteiger partial charge is 0.242 e. The van der Waals surface area contributed by atoms with Crippen molar-refractivity contribution < 1.29 is 17.6 Å². The van der Waals surface area contributed by atoms with E-state index in [1.165, 1.54) is 12.4 Å². The molecule has 0 aliphatic rings. The molecule has 0 unspecified atom stereocenters. The summed E-state index contributed by atoms with van der Waals surface area (Å²) in [6.45, 7) is 1.51. The number of halogens is 4. The summed E-state index contributed by atoms with van der Waals surface area (Å²) in [6, 6.07) is 0.815. The third-order valence-corrected chi connectivity index (χ3v) is 3.00. The van der Waals surface area contributed by atoms with Gasteiger partial charge in [-0.25, -0.2) is 9.37 Å². The van der Waals surface area contributed by atoms with Gasteiger partial charge in [0.05, 0.1) is 15.8 Å². The highest BCUT2D eigenvalue weighted by Crippen LogP contribution is 2.36. The average molecular weight is 235 g/mol. The Kier molecular flexibility index (Phi) is 2.18. The lowest BCUT2D eigenvalue weighted by Gasteiger charge is -2.09. The van der Waals surface area contributed by atoms with Crippen molar-refractivity contribution >= 4 is 21.6 Å². The first-order chi connectivity index (χ1) is 6.91. The molecule has 6 heteroatoms. The van der Waals surface area contributed by atoms with Gasteiger partial charge in [0.25, 0.3) is 0 Å². The van der Waals surface area contributed by atoms with Crippen LogP contribution in [0.1, 0.15) is 11.1 Å². The average Bonchev–Trinajstić information content (AvgIpc) is 2.58. The summed E-state index contributed by atoms with van der Waals surface area (Å²) in [5.41, 5.74) is 0.271. The van der Waals surface area contributed by atoms with E-state index in [9.17, 15) is 17.6 Å². The summed E-state index contributed by atoms with van der Waals surface area (Å²) in [5.74, 6) is -1.29. The van der Waals surface area contributed by atoms with E-state index in [1.807, 2.05) is 0 Å². The van der Waals surface area contributed by atoms with Crippen LogP contribution in [-0.4, -0.2) is 4.98 Å². The molecule has 0 amide bonds. The number of thiazole rings is 1. The van der Waals surface area contributed by atoms with E-state index in [0.717, 1.165) is 17.4 Å². The summed E-state index contributed by atoms with van der Waals surface area (Å²) < 4.78 is 51.1. The van der Waals surface area contributed by atoms with E-state index in [4.69, 9.17) is 0 Å². The quantitative estimate of drug-likeness (QED) is 0.633. The lowest BCUT2D eigenvalue weighted by molar-refractivity contribution is -0.139. The Balaban J connectivity index is 2.83. The van der Waals surface area contributed by atoms with Crippen molar-refractivity contribution in [2.24, 2.45) is 0 Å². The van der Waals surface area contributed by atoms with Crippen LogP contribution in [0.3, 0.4) is 0 Å². The fourth-order valence-electron chi connectivity index (χ4n) is 1.36. The number of aromatic nitrogens is 1. The zero-order valence-corrected chi connectivity index (χ0v) is 8.34. The molecular formula is C9H5F4NS. The Morgan fingerprint density at radius 3 is 2.60 bits per heavy atom. The van der Waals surface area contributed by atoms with Gasteiger partial charge in [-0.1, -0.05) is 0 Å². The molecule has 0 saturated heterocycles. The van der Waals surface area contributed by atoms with Crippen LogP contribution in [0, 0.1) is 12.7 Å². The van der Waals surface area contributed by atoms with Crippen molar-refractivity contribution in [3.63, 3.8) is 0 Å². The van der Waals surface area contributed by atoms with Gasteiger partial charge in [0.1, 0.15) is 5.52 Å². The van der Waals surface area contributed by atoms with Crippen molar-refractivity contribution in [3.8, 4) is 0 Å². The first-order valence-electron chi connectivity index (χ1n) is 4.00. The maximum atomic E-state index is 13.4. The molecule has 1 nitrogen and oxygen atoms in total. The highest BCUT2D eigenvalue weighted by molar-refractivity contribution is 7.16. The first kappa shape index (κ1) is 10.4. The minimum absolute atomic E-state index is 0.202. The van der Waals surface area contributed by atoms with Gasteiger partial charge in [-0.2, -0.15) is 13.2 Å². The summed E-state index contributed by atoms with van der Waals surface area (Å²) in [7, 11) is 0. The van der Waals surface area contributed by atoms with E-state index >= 15 is 0 Å². The number of fused-ring (bicyclic) bond motifs is 1. The summed E-state index contributed by atoms with van der Waals surface area (Å²) in [5, 5.41) is 0. The molecule has 0 aliphatic heterocycles. The summed E-state index contributed by atoms with van der Waals surface area (Å²) in [4.78, 5) is 3.60. The second kappa shape index (κ2) is 3.16. The monoisotopic (exact) mass is 235 g/mol. The molecule has 80 valence electrons. The van der Waals surface area contributed by atoms with Crippen LogP contribution < -0.4 is 0 Å². The van der Waals surface area contributed by atoms with Crippen molar-refractivity contribution in [1.82, 2.24) is 4.98 Å². The van der Waals surface area contributed by atoms with Crippen molar-refractivity contribution in [2.45, 2.75) is 13.1 Å². The molecule has 15 heavy (non-hydrogen) atoms. The maximum absolute atomic E-state index is 13.4. The zero-order chi connectivity index (χ0) is 11.2. The Morgan fingerprint density at radius 2 is 2.00 bits per heavy atom. The number of aryl methyl sites for hydroxylation is 1. The highest BCUT2D eigenvalue weighted by Gasteiger charge is 2.35. The Labute approximate surface area is 86.4 Å². The molecule has 0 spiro atoms.